The van der Waals surface area contributed by atoms with Crippen molar-refractivity contribution < 1.29 is 9.59 Å². The number of pyridine rings is 1. The topological polar surface area (TPSA) is 118 Å². The molecule has 0 aliphatic carbocycles. The molecule has 142 valence electrons. The maximum absolute atomic E-state index is 12.0. The van der Waals surface area contributed by atoms with Gasteiger partial charge in [-0.05, 0) is 24.6 Å². The van der Waals surface area contributed by atoms with Crippen molar-refractivity contribution in [3.63, 3.8) is 0 Å². The first kappa shape index (κ1) is 18.2. The summed E-state index contributed by atoms with van der Waals surface area (Å²) in [6.07, 6.45) is 2.14. The highest BCUT2D eigenvalue weighted by atomic mass is 16.2. The SMILES string of the molecule is CN1CC[C@@H](C#Cc2cccc(-n3nc(C(N)=O)c4cnc(C#N)cc43)c2)C1=O. The van der Waals surface area contributed by atoms with Crippen LogP contribution in [0.25, 0.3) is 16.6 Å². The van der Waals surface area contributed by atoms with E-state index >= 15 is 0 Å². The minimum Gasteiger partial charge on any atom is -0.364 e. The van der Waals surface area contributed by atoms with E-state index in [-0.39, 0.29) is 23.2 Å². The lowest BCUT2D eigenvalue weighted by Crippen LogP contribution is -2.21. The van der Waals surface area contributed by atoms with Crippen LogP contribution < -0.4 is 5.73 Å². The summed E-state index contributed by atoms with van der Waals surface area (Å²) in [6, 6.07) is 10.8. The highest BCUT2D eigenvalue weighted by Gasteiger charge is 2.27. The summed E-state index contributed by atoms with van der Waals surface area (Å²) in [4.78, 5) is 29.5. The van der Waals surface area contributed by atoms with E-state index in [4.69, 9.17) is 11.0 Å². The van der Waals surface area contributed by atoms with Gasteiger partial charge in [-0.25, -0.2) is 9.67 Å². The van der Waals surface area contributed by atoms with Gasteiger partial charge in [-0.2, -0.15) is 10.4 Å². The molecule has 0 radical (unpaired) electrons. The van der Waals surface area contributed by atoms with Gasteiger partial charge in [-0.15, -0.1) is 0 Å². The molecule has 0 saturated carbocycles. The number of primary amides is 1. The van der Waals surface area contributed by atoms with Crippen LogP contribution in [-0.4, -0.2) is 45.1 Å². The molecule has 0 unspecified atom stereocenters. The molecule has 8 heteroatoms. The molecule has 29 heavy (non-hydrogen) atoms. The zero-order valence-electron chi connectivity index (χ0n) is 15.6. The largest absolute Gasteiger partial charge is 0.364 e. The number of fused-ring (bicyclic) bond motifs is 1. The van der Waals surface area contributed by atoms with Crippen LogP contribution in [0.1, 0.15) is 28.2 Å². The van der Waals surface area contributed by atoms with Gasteiger partial charge in [0.1, 0.15) is 17.7 Å². The number of benzene rings is 1. The molecule has 0 bridgehead atoms. The van der Waals surface area contributed by atoms with E-state index in [2.05, 4.69) is 21.9 Å². The van der Waals surface area contributed by atoms with Gasteiger partial charge in [0.2, 0.25) is 5.91 Å². The summed E-state index contributed by atoms with van der Waals surface area (Å²) in [6.45, 7) is 0.711. The van der Waals surface area contributed by atoms with Crippen LogP contribution in [-0.2, 0) is 4.79 Å². The van der Waals surface area contributed by atoms with Gasteiger partial charge < -0.3 is 10.6 Å². The number of nitriles is 1. The third-order valence-electron chi connectivity index (χ3n) is 4.82. The van der Waals surface area contributed by atoms with Crippen molar-refractivity contribution in [2.24, 2.45) is 11.7 Å². The molecule has 1 atom stereocenters. The van der Waals surface area contributed by atoms with Crippen LogP contribution in [0.3, 0.4) is 0 Å². The fourth-order valence-electron chi connectivity index (χ4n) is 3.29. The predicted molar refractivity (Wildman–Crippen MR) is 105 cm³/mol. The van der Waals surface area contributed by atoms with Gasteiger partial charge in [-0.3, -0.25) is 9.59 Å². The number of amides is 2. The highest BCUT2D eigenvalue weighted by molar-refractivity contribution is 6.04. The maximum Gasteiger partial charge on any atom is 0.269 e. The molecule has 1 aromatic carbocycles. The number of nitrogens with zero attached hydrogens (tertiary/aromatic N) is 5. The Labute approximate surface area is 166 Å². The molecule has 2 amide bonds. The molecule has 2 N–H and O–H groups in total. The Morgan fingerprint density at radius 2 is 2.17 bits per heavy atom. The third kappa shape index (κ3) is 3.28. The second kappa shape index (κ2) is 7.10. The molecule has 1 aliphatic rings. The fourth-order valence-corrected chi connectivity index (χ4v) is 3.29. The first-order valence-corrected chi connectivity index (χ1v) is 8.93. The van der Waals surface area contributed by atoms with E-state index in [1.54, 1.807) is 24.1 Å². The van der Waals surface area contributed by atoms with E-state index in [9.17, 15) is 9.59 Å². The van der Waals surface area contributed by atoms with E-state index in [1.807, 2.05) is 24.3 Å². The van der Waals surface area contributed by atoms with E-state index < -0.39 is 5.91 Å². The second-order valence-corrected chi connectivity index (χ2v) is 6.74. The zero-order chi connectivity index (χ0) is 20.5. The lowest BCUT2D eigenvalue weighted by Gasteiger charge is -2.05. The average molecular weight is 384 g/mol. The number of carbonyl (C=O) groups is 2. The van der Waals surface area contributed by atoms with Crippen molar-refractivity contribution in [2.45, 2.75) is 6.42 Å². The molecule has 8 nitrogen and oxygen atoms in total. The van der Waals surface area contributed by atoms with Crippen LogP contribution in [0.15, 0.2) is 36.5 Å². The number of rotatable bonds is 2. The molecular weight excluding hydrogens is 368 g/mol. The summed E-state index contributed by atoms with van der Waals surface area (Å²) in [5, 5.41) is 13.9. The van der Waals surface area contributed by atoms with Crippen molar-refractivity contribution in [1.29, 1.82) is 5.26 Å². The van der Waals surface area contributed by atoms with E-state index in [0.29, 0.717) is 28.7 Å². The van der Waals surface area contributed by atoms with E-state index in [0.717, 1.165) is 6.42 Å². The molecule has 3 aromatic rings. The number of hydrogen-bond donors (Lipinski definition) is 1. The minimum atomic E-state index is -0.680. The van der Waals surface area contributed by atoms with Gasteiger partial charge in [0.25, 0.3) is 5.91 Å². The Kier molecular flexibility index (Phi) is 4.46. The van der Waals surface area contributed by atoms with Gasteiger partial charge in [0, 0.05) is 31.4 Å². The molecular formula is C21H16N6O2. The molecule has 1 aliphatic heterocycles. The van der Waals surface area contributed by atoms with Gasteiger partial charge in [0.15, 0.2) is 5.69 Å². The lowest BCUT2D eigenvalue weighted by molar-refractivity contribution is -0.128. The van der Waals surface area contributed by atoms with Crippen LogP contribution in [0.5, 0.6) is 0 Å². The normalized spacial score (nSPS) is 15.8. The smallest absolute Gasteiger partial charge is 0.269 e. The summed E-state index contributed by atoms with van der Waals surface area (Å²) in [5.41, 5.74) is 7.64. The third-order valence-corrected chi connectivity index (χ3v) is 4.82. The summed E-state index contributed by atoms with van der Waals surface area (Å²) in [5.74, 6) is 5.15. The predicted octanol–water partition coefficient (Wildman–Crippen LogP) is 1.22. The van der Waals surface area contributed by atoms with Gasteiger partial charge >= 0.3 is 0 Å². The van der Waals surface area contributed by atoms with Crippen molar-refractivity contribution in [3.8, 4) is 23.6 Å². The second-order valence-electron chi connectivity index (χ2n) is 6.74. The van der Waals surface area contributed by atoms with Crippen LogP contribution in [0, 0.1) is 29.1 Å². The lowest BCUT2D eigenvalue weighted by atomic mass is 10.1. The van der Waals surface area contributed by atoms with Gasteiger partial charge in [0.05, 0.1) is 16.6 Å². The summed E-state index contributed by atoms with van der Waals surface area (Å²) in [7, 11) is 1.77. The molecule has 1 saturated heterocycles. The van der Waals surface area contributed by atoms with Crippen molar-refractivity contribution in [2.75, 3.05) is 13.6 Å². The Morgan fingerprint density at radius 1 is 1.34 bits per heavy atom. The molecule has 3 heterocycles. The Hall–Kier alpha value is -4.17. The van der Waals surface area contributed by atoms with E-state index in [1.165, 1.54) is 10.9 Å². The quantitative estimate of drug-likeness (QED) is 0.667. The standard InChI is InChI=1S/C21H16N6O2/c1-26-8-7-14(21(26)29)6-5-13-3-2-4-16(9-13)27-18-10-15(11-22)24-12-17(18)19(25-27)20(23)28/h2-4,9-10,12,14H,7-8H2,1H3,(H2,23,28)/t14-/m1/s1. The van der Waals surface area contributed by atoms with Crippen LogP contribution in [0.4, 0.5) is 0 Å². The van der Waals surface area contributed by atoms with Crippen molar-refractivity contribution in [1.82, 2.24) is 19.7 Å². The molecule has 0 spiro atoms. The number of carbonyl (C=O) groups excluding carboxylic acids is 2. The first-order chi connectivity index (χ1) is 14.0. The average Bonchev–Trinajstić information content (AvgIpc) is 3.27. The number of nitrogens with two attached hydrogens (primary N) is 1. The minimum absolute atomic E-state index is 0.0364. The summed E-state index contributed by atoms with van der Waals surface area (Å²) < 4.78 is 1.54. The molecule has 2 aromatic heterocycles. The first-order valence-electron chi connectivity index (χ1n) is 8.93. The Balaban J connectivity index is 1.78. The molecule has 4 rings (SSSR count). The van der Waals surface area contributed by atoms with Gasteiger partial charge in [-0.1, -0.05) is 17.9 Å². The number of hydrogen-bond acceptors (Lipinski definition) is 5. The van der Waals surface area contributed by atoms with Crippen molar-refractivity contribution in [3.05, 3.63) is 53.5 Å². The summed E-state index contributed by atoms with van der Waals surface area (Å²) >= 11 is 0. The Bertz CT molecular complexity index is 1260. The number of likely N-dealkylation sites (tertiary alicyclic amines) is 1. The monoisotopic (exact) mass is 384 g/mol. The molecule has 1 fully saturated rings. The van der Waals surface area contributed by atoms with Crippen LogP contribution in [0.2, 0.25) is 0 Å². The Morgan fingerprint density at radius 3 is 2.86 bits per heavy atom. The zero-order valence-corrected chi connectivity index (χ0v) is 15.6. The maximum atomic E-state index is 12.0. The fraction of sp³-hybridized carbons (Fsp3) is 0.190. The number of aromatic nitrogens is 3. The van der Waals surface area contributed by atoms with Crippen molar-refractivity contribution >= 4 is 22.7 Å². The van der Waals surface area contributed by atoms with Crippen LogP contribution >= 0.6 is 0 Å². The highest BCUT2D eigenvalue weighted by Crippen LogP contribution is 2.23.